The minimum atomic E-state index is -2.86. The van der Waals surface area contributed by atoms with Gasteiger partial charge in [-0.25, -0.2) is 0 Å². The number of piperidine rings is 1. The first kappa shape index (κ1) is 19.9. The molecule has 1 aliphatic rings. The molecule has 1 amide bonds. The molecule has 0 aliphatic carbocycles. The first-order valence-electron chi connectivity index (χ1n) is 9.76. The first-order valence-corrected chi connectivity index (χ1v) is 9.76. The van der Waals surface area contributed by atoms with Crippen LogP contribution < -0.4 is 4.74 Å². The number of H-pyrrole nitrogens is 1. The molecule has 4 rings (SSSR count). The van der Waals surface area contributed by atoms with Crippen LogP contribution in [0.25, 0.3) is 10.9 Å². The van der Waals surface area contributed by atoms with Crippen molar-refractivity contribution < 1.29 is 18.3 Å². The summed E-state index contributed by atoms with van der Waals surface area (Å²) < 4.78 is 29.4. The number of aromatic amines is 1. The van der Waals surface area contributed by atoms with Crippen LogP contribution in [0.1, 0.15) is 41.4 Å². The Morgan fingerprint density at radius 1 is 1.20 bits per heavy atom. The molecule has 1 N–H and O–H groups in total. The van der Waals surface area contributed by atoms with Gasteiger partial charge in [0.15, 0.2) is 0 Å². The van der Waals surface area contributed by atoms with E-state index in [1.54, 1.807) is 41.3 Å². The Bertz CT molecular complexity index is 1120. The molecule has 30 heavy (non-hydrogen) atoms. The molecule has 2 aromatic carbocycles. The van der Waals surface area contributed by atoms with Gasteiger partial charge in [0.1, 0.15) is 5.75 Å². The zero-order valence-electron chi connectivity index (χ0n) is 16.5. The number of likely N-dealkylation sites (tertiary alicyclic amines) is 1. The van der Waals surface area contributed by atoms with Gasteiger partial charge in [0.05, 0.1) is 17.2 Å². The highest BCUT2D eigenvalue weighted by molar-refractivity contribution is 5.96. The zero-order chi connectivity index (χ0) is 21.3. The molecule has 3 aromatic rings. The number of fused-ring (bicyclic) bond motifs is 1. The van der Waals surface area contributed by atoms with Crippen molar-refractivity contribution in [1.29, 1.82) is 5.26 Å². The Hall–Kier alpha value is -3.40. The fourth-order valence-electron chi connectivity index (χ4n) is 4.02. The van der Waals surface area contributed by atoms with Crippen LogP contribution in [-0.2, 0) is 5.41 Å². The van der Waals surface area contributed by atoms with Gasteiger partial charge in [0, 0.05) is 35.1 Å². The van der Waals surface area contributed by atoms with Gasteiger partial charge in [-0.2, -0.15) is 14.0 Å². The molecule has 0 atom stereocenters. The number of nitrogens with one attached hydrogen (secondary N) is 1. The molecule has 0 saturated carbocycles. The van der Waals surface area contributed by atoms with Crippen LogP contribution in [0.4, 0.5) is 8.78 Å². The Morgan fingerprint density at radius 3 is 2.63 bits per heavy atom. The second-order valence-corrected chi connectivity index (χ2v) is 7.82. The number of nitriles is 1. The van der Waals surface area contributed by atoms with Gasteiger partial charge in [-0.3, -0.25) is 4.79 Å². The second-order valence-electron chi connectivity index (χ2n) is 7.82. The lowest BCUT2D eigenvalue weighted by molar-refractivity contribution is -0.0497. The lowest BCUT2D eigenvalue weighted by atomic mass is 9.77. The molecule has 1 fully saturated rings. The summed E-state index contributed by atoms with van der Waals surface area (Å²) in [7, 11) is 0. The largest absolute Gasteiger partial charge is 0.435 e. The summed E-state index contributed by atoms with van der Waals surface area (Å²) >= 11 is 0. The fraction of sp³-hybridized carbons (Fsp3) is 0.304. The number of alkyl halides is 2. The number of nitrogens with zero attached hydrogens (tertiary/aromatic N) is 2. The average Bonchev–Trinajstić information content (AvgIpc) is 3.18. The molecule has 1 saturated heterocycles. The molecular weight excluding hydrogens is 388 g/mol. The number of hydrogen-bond donors (Lipinski definition) is 1. The van der Waals surface area contributed by atoms with E-state index in [4.69, 9.17) is 0 Å². The highest BCUT2D eigenvalue weighted by Crippen LogP contribution is 2.37. The van der Waals surface area contributed by atoms with Crippen LogP contribution in [0.3, 0.4) is 0 Å². The fourth-order valence-corrected chi connectivity index (χ4v) is 4.02. The van der Waals surface area contributed by atoms with E-state index < -0.39 is 6.61 Å². The maximum Gasteiger partial charge on any atom is 0.387 e. The Morgan fingerprint density at radius 2 is 1.93 bits per heavy atom. The van der Waals surface area contributed by atoms with Crippen molar-refractivity contribution in [3.63, 3.8) is 0 Å². The average molecular weight is 409 g/mol. The van der Waals surface area contributed by atoms with Gasteiger partial charge in [-0.15, -0.1) is 0 Å². The number of carbonyl (C=O) groups excluding carboxylic acids is 1. The number of amides is 1. The minimum absolute atomic E-state index is 0.125. The highest BCUT2D eigenvalue weighted by Gasteiger charge is 2.35. The summed E-state index contributed by atoms with van der Waals surface area (Å²) in [6, 6.07) is 15.7. The maximum absolute atomic E-state index is 12.9. The van der Waals surface area contributed by atoms with Crippen LogP contribution in [0, 0.1) is 11.3 Å². The maximum atomic E-state index is 12.9. The topological polar surface area (TPSA) is 69.1 Å². The number of hydrogen-bond acceptors (Lipinski definition) is 3. The van der Waals surface area contributed by atoms with Gasteiger partial charge in [0.25, 0.3) is 5.91 Å². The van der Waals surface area contributed by atoms with E-state index in [-0.39, 0.29) is 17.1 Å². The summed E-state index contributed by atoms with van der Waals surface area (Å²) in [6.07, 6.45) is 1.50. The predicted octanol–water partition coefficient (Wildman–Crippen LogP) is 4.83. The molecule has 1 aromatic heterocycles. The van der Waals surface area contributed by atoms with Crippen LogP contribution in [0.2, 0.25) is 0 Å². The quantitative estimate of drug-likeness (QED) is 0.671. The van der Waals surface area contributed by atoms with Crippen molar-refractivity contribution in [2.24, 2.45) is 0 Å². The summed E-state index contributed by atoms with van der Waals surface area (Å²) in [6.45, 7) is 0.430. The summed E-state index contributed by atoms with van der Waals surface area (Å²) in [5.41, 5.74) is 2.51. The van der Waals surface area contributed by atoms with Crippen molar-refractivity contribution >= 4 is 16.8 Å². The number of halogens is 2. The number of benzene rings is 2. The van der Waals surface area contributed by atoms with E-state index in [0.717, 1.165) is 29.4 Å². The molecule has 0 spiro atoms. The smallest absolute Gasteiger partial charge is 0.387 e. The van der Waals surface area contributed by atoms with E-state index in [0.29, 0.717) is 24.2 Å². The summed E-state index contributed by atoms with van der Waals surface area (Å²) in [5.74, 6) is 0.00409. The molecular formula is C23H21F2N3O2. The van der Waals surface area contributed by atoms with Crippen LogP contribution >= 0.6 is 0 Å². The lowest BCUT2D eigenvalue weighted by Crippen LogP contribution is -2.44. The number of aromatic nitrogens is 1. The van der Waals surface area contributed by atoms with Gasteiger partial charge >= 0.3 is 6.61 Å². The monoisotopic (exact) mass is 409 g/mol. The zero-order valence-corrected chi connectivity index (χ0v) is 16.5. The van der Waals surface area contributed by atoms with Crippen LogP contribution in [0.15, 0.2) is 48.5 Å². The van der Waals surface area contributed by atoms with Crippen LogP contribution in [-0.4, -0.2) is 35.5 Å². The molecule has 2 heterocycles. The summed E-state index contributed by atoms with van der Waals surface area (Å²) in [4.78, 5) is 18.1. The van der Waals surface area contributed by atoms with E-state index in [9.17, 15) is 18.8 Å². The number of carbonyl (C=O) groups is 1. The standard InChI is InChI=1S/C23H21F2N3O2/c1-23(20-13-16-12-17(30-22(24)25)6-7-19(16)27-20)8-10-28(11-9-23)21(29)18-5-3-2-4-15(18)14-26/h2-7,12-13,22,27H,8-11H2,1H3. The van der Waals surface area contributed by atoms with Crippen molar-refractivity contribution in [2.45, 2.75) is 31.8 Å². The van der Waals surface area contributed by atoms with Gasteiger partial charge in [-0.1, -0.05) is 19.1 Å². The molecule has 0 radical (unpaired) electrons. The normalized spacial score (nSPS) is 15.9. The molecule has 1 aliphatic heterocycles. The van der Waals surface area contributed by atoms with Crippen molar-refractivity contribution in [3.05, 3.63) is 65.4 Å². The molecule has 154 valence electrons. The Kier molecular flexibility index (Phi) is 5.17. The lowest BCUT2D eigenvalue weighted by Gasteiger charge is -2.39. The summed E-state index contributed by atoms with van der Waals surface area (Å²) in [5, 5.41) is 10.1. The third-order valence-corrected chi connectivity index (χ3v) is 5.90. The predicted molar refractivity (Wildman–Crippen MR) is 109 cm³/mol. The van der Waals surface area contributed by atoms with E-state index in [2.05, 4.69) is 22.7 Å². The van der Waals surface area contributed by atoms with Crippen molar-refractivity contribution in [2.75, 3.05) is 13.1 Å². The molecule has 0 bridgehead atoms. The Labute approximate surface area is 172 Å². The highest BCUT2D eigenvalue weighted by atomic mass is 19.3. The first-order chi connectivity index (χ1) is 14.4. The third-order valence-electron chi connectivity index (χ3n) is 5.90. The van der Waals surface area contributed by atoms with Gasteiger partial charge in [-0.05, 0) is 49.2 Å². The SMILES string of the molecule is CC1(c2cc3cc(OC(F)F)ccc3[nH]2)CCN(C(=O)c2ccccc2C#N)CC1. The van der Waals surface area contributed by atoms with E-state index >= 15 is 0 Å². The minimum Gasteiger partial charge on any atom is -0.435 e. The van der Waals surface area contributed by atoms with E-state index in [1.165, 1.54) is 6.07 Å². The second kappa shape index (κ2) is 7.79. The molecule has 5 nitrogen and oxygen atoms in total. The Balaban J connectivity index is 1.51. The van der Waals surface area contributed by atoms with Crippen LogP contribution in [0.5, 0.6) is 5.75 Å². The van der Waals surface area contributed by atoms with Crippen molar-refractivity contribution in [3.8, 4) is 11.8 Å². The van der Waals surface area contributed by atoms with Crippen molar-refractivity contribution in [1.82, 2.24) is 9.88 Å². The number of ether oxygens (including phenoxy) is 1. The number of rotatable bonds is 4. The van der Waals surface area contributed by atoms with Gasteiger partial charge in [0.2, 0.25) is 0 Å². The van der Waals surface area contributed by atoms with E-state index in [1.807, 2.05) is 6.07 Å². The van der Waals surface area contributed by atoms with Gasteiger partial charge < -0.3 is 14.6 Å². The third kappa shape index (κ3) is 3.73. The molecule has 7 heteroatoms. The molecule has 0 unspecified atom stereocenters.